The molecule has 0 aromatic heterocycles. The molecule has 0 bridgehead atoms. The van der Waals surface area contributed by atoms with E-state index in [1.807, 2.05) is 18.2 Å². The summed E-state index contributed by atoms with van der Waals surface area (Å²) in [5, 5.41) is 0.634. The molecule has 0 aliphatic heterocycles. The lowest BCUT2D eigenvalue weighted by Crippen LogP contribution is -1.73. The first-order chi connectivity index (χ1) is 5.34. The molecule has 0 unspecified atom stereocenters. The maximum Gasteiger partial charge on any atom is 0.0562 e. The van der Waals surface area contributed by atoms with Crippen LogP contribution in [0.1, 0.15) is 5.56 Å². The second kappa shape index (κ2) is 3.71. The van der Waals surface area contributed by atoms with Crippen LogP contribution in [0.2, 0.25) is 5.02 Å². The van der Waals surface area contributed by atoms with E-state index in [1.54, 1.807) is 6.07 Å². The second-order valence-corrected chi connectivity index (χ2v) is 2.28. The van der Waals surface area contributed by atoms with Crippen LogP contribution in [0.3, 0.4) is 0 Å². The summed E-state index contributed by atoms with van der Waals surface area (Å²) >= 11 is 5.79. The smallest absolute Gasteiger partial charge is 0.0562 e. The van der Waals surface area contributed by atoms with Crippen LogP contribution in [-0.2, 0) is 0 Å². The van der Waals surface area contributed by atoms with E-state index in [9.17, 15) is 0 Å². The van der Waals surface area contributed by atoms with Crippen molar-refractivity contribution < 1.29 is 0 Å². The minimum atomic E-state index is 0.634. The Labute approximate surface area is 71.2 Å². The maximum absolute atomic E-state index is 5.79. The molecule has 1 aromatic rings. The average molecular weight is 161 g/mol. The summed E-state index contributed by atoms with van der Waals surface area (Å²) in [5.41, 5.74) is 0.770. The molecule has 0 N–H and O–H groups in total. The van der Waals surface area contributed by atoms with Gasteiger partial charge in [0.05, 0.1) is 5.02 Å². The average Bonchev–Trinajstić information content (AvgIpc) is 2.03. The molecule has 0 radical (unpaired) electrons. The Kier molecular flexibility index (Phi) is 2.61. The molecule has 0 fully saturated rings. The van der Waals surface area contributed by atoms with Gasteiger partial charge in [-0.05, 0) is 24.0 Å². The molecule has 0 atom stereocenters. The van der Waals surface area contributed by atoms with Gasteiger partial charge >= 0.3 is 0 Å². The third kappa shape index (κ3) is 2.04. The van der Waals surface area contributed by atoms with Gasteiger partial charge in [0, 0.05) is 5.56 Å². The predicted molar refractivity (Wildman–Crippen MR) is 47.2 cm³/mol. The van der Waals surface area contributed by atoms with Crippen molar-refractivity contribution in [2.24, 2.45) is 0 Å². The standard InChI is InChI=1S/C10H5Cl/c1-2-3-6-9-7-4-5-8-10(9)11/h1,4-5,7-8H. The molecule has 0 amide bonds. The highest BCUT2D eigenvalue weighted by Crippen LogP contribution is 2.12. The molecule has 52 valence electrons. The summed E-state index contributed by atoms with van der Waals surface area (Å²) < 4.78 is 0. The van der Waals surface area contributed by atoms with Gasteiger partial charge in [-0.1, -0.05) is 29.7 Å². The molecular weight excluding hydrogens is 156 g/mol. The van der Waals surface area contributed by atoms with Gasteiger partial charge in [0.25, 0.3) is 0 Å². The first-order valence-corrected chi connectivity index (χ1v) is 3.43. The molecule has 0 heterocycles. The van der Waals surface area contributed by atoms with Crippen LogP contribution in [0.15, 0.2) is 24.3 Å². The molecule has 1 heteroatoms. The van der Waals surface area contributed by atoms with Crippen molar-refractivity contribution in [3.05, 3.63) is 34.9 Å². The third-order valence-electron chi connectivity index (χ3n) is 1.14. The Bertz CT molecular complexity index is 347. The Morgan fingerprint density at radius 3 is 2.64 bits per heavy atom. The van der Waals surface area contributed by atoms with E-state index in [4.69, 9.17) is 18.0 Å². The zero-order valence-corrected chi connectivity index (χ0v) is 6.52. The first-order valence-electron chi connectivity index (χ1n) is 3.06. The molecule has 0 nitrogen and oxygen atoms in total. The zero-order chi connectivity index (χ0) is 8.10. The highest BCUT2D eigenvalue weighted by atomic mass is 35.5. The van der Waals surface area contributed by atoms with Crippen molar-refractivity contribution in [3.8, 4) is 24.2 Å². The zero-order valence-electron chi connectivity index (χ0n) is 5.76. The predicted octanol–water partition coefficient (Wildman–Crippen LogP) is 2.32. The van der Waals surface area contributed by atoms with Crippen LogP contribution in [-0.4, -0.2) is 0 Å². The number of terminal acetylenes is 1. The number of benzene rings is 1. The largest absolute Gasteiger partial charge is 0.106 e. The molecule has 1 aromatic carbocycles. The van der Waals surface area contributed by atoms with Gasteiger partial charge < -0.3 is 0 Å². The normalized spacial score (nSPS) is 7.64. The third-order valence-corrected chi connectivity index (χ3v) is 1.47. The van der Waals surface area contributed by atoms with Gasteiger partial charge in [0.2, 0.25) is 0 Å². The van der Waals surface area contributed by atoms with Crippen LogP contribution < -0.4 is 0 Å². The molecular formula is C10H5Cl. The Hall–Kier alpha value is -1.37. The van der Waals surface area contributed by atoms with Crippen molar-refractivity contribution in [1.29, 1.82) is 0 Å². The summed E-state index contributed by atoms with van der Waals surface area (Å²) in [4.78, 5) is 0. The quantitative estimate of drug-likeness (QED) is 0.511. The van der Waals surface area contributed by atoms with Crippen molar-refractivity contribution in [1.82, 2.24) is 0 Å². The summed E-state index contributed by atoms with van der Waals surface area (Å²) in [6.45, 7) is 0. The van der Waals surface area contributed by atoms with Crippen molar-refractivity contribution >= 4 is 11.6 Å². The van der Waals surface area contributed by atoms with Crippen LogP contribution in [0.4, 0.5) is 0 Å². The second-order valence-electron chi connectivity index (χ2n) is 1.87. The van der Waals surface area contributed by atoms with E-state index in [0.717, 1.165) is 5.56 Å². The SMILES string of the molecule is C#CC#Cc1ccccc1Cl. The Morgan fingerprint density at radius 2 is 2.00 bits per heavy atom. The topological polar surface area (TPSA) is 0 Å². The Balaban J connectivity index is 3.07. The molecule has 0 aliphatic carbocycles. The van der Waals surface area contributed by atoms with E-state index < -0.39 is 0 Å². The lowest BCUT2D eigenvalue weighted by molar-refractivity contribution is 1.65. The molecule has 0 aliphatic rings. The molecule has 0 saturated heterocycles. The van der Waals surface area contributed by atoms with Crippen LogP contribution in [0, 0.1) is 24.2 Å². The summed E-state index contributed by atoms with van der Waals surface area (Å²) in [5.74, 6) is 7.47. The fourth-order valence-corrected chi connectivity index (χ4v) is 0.849. The molecule has 0 saturated carbocycles. The summed E-state index contributed by atoms with van der Waals surface area (Å²) in [7, 11) is 0. The number of hydrogen-bond donors (Lipinski definition) is 0. The number of hydrogen-bond acceptors (Lipinski definition) is 0. The lowest BCUT2D eigenvalue weighted by Gasteiger charge is -1.90. The maximum atomic E-state index is 5.79. The van der Waals surface area contributed by atoms with Gasteiger partial charge in [0.15, 0.2) is 0 Å². The highest BCUT2D eigenvalue weighted by Gasteiger charge is 1.91. The van der Waals surface area contributed by atoms with E-state index in [1.165, 1.54) is 0 Å². The van der Waals surface area contributed by atoms with Crippen LogP contribution >= 0.6 is 11.6 Å². The fraction of sp³-hybridized carbons (Fsp3) is 0. The first kappa shape index (κ1) is 7.73. The monoisotopic (exact) mass is 160 g/mol. The van der Waals surface area contributed by atoms with E-state index in [0.29, 0.717) is 5.02 Å². The van der Waals surface area contributed by atoms with Gasteiger partial charge in [-0.25, -0.2) is 0 Å². The molecule has 11 heavy (non-hydrogen) atoms. The Morgan fingerprint density at radius 1 is 1.27 bits per heavy atom. The van der Waals surface area contributed by atoms with Crippen molar-refractivity contribution in [3.63, 3.8) is 0 Å². The van der Waals surface area contributed by atoms with E-state index in [-0.39, 0.29) is 0 Å². The summed E-state index contributed by atoms with van der Waals surface area (Å²) in [6, 6.07) is 7.32. The number of halogens is 1. The minimum Gasteiger partial charge on any atom is -0.106 e. The van der Waals surface area contributed by atoms with Crippen LogP contribution in [0.5, 0.6) is 0 Å². The lowest BCUT2D eigenvalue weighted by atomic mass is 10.2. The van der Waals surface area contributed by atoms with E-state index in [2.05, 4.69) is 17.8 Å². The number of rotatable bonds is 0. The van der Waals surface area contributed by atoms with Gasteiger partial charge in [-0.3, -0.25) is 0 Å². The minimum absolute atomic E-state index is 0.634. The van der Waals surface area contributed by atoms with Gasteiger partial charge in [-0.15, -0.1) is 6.42 Å². The molecule has 1 rings (SSSR count). The van der Waals surface area contributed by atoms with Crippen LogP contribution in [0.25, 0.3) is 0 Å². The van der Waals surface area contributed by atoms with Crippen molar-refractivity contribution in [2.75, 3.05) is 0 Å². The van der Waals surface area contributed by atoms with Crippen molar-refractivity contribution in [2.45, 2.75) is 0 Å². The summed E-state index contributed by atoms with van der Waals surface area (Å²) in [6.07, 6.45) is 4.96. The van der Waals surface area contributed by atoms with Gasteiger partial charge in [-0.2, -0.15) is 0 Å². The molecule has 0 spiro atoms. The van der Waals surface area contributed by atoms with E-state index >= 15 is 0 Å². The van der Waals surface area contributed by atoms with Gasteiger partial charge in [0.1, 0.15) is 0 Å². The highest BCUT2D eigenvalue weighted by molar-refractivity contribution is 6.31. The fourth-order valence-electron chi connectivity index (χ4n) is 0.666.